The molecule has 3 heteroatoms. The van der Waals surface area contributed by atoms with Crippen molar-refractivity contribution in [2.45, 2.75) is 45.5 Å². The maximum atomic E-state index is 10.8. The number of carbonyl (C=O) groups is 1. The van der Waals surface area contributed by atoms with Gasteiger partial charge in [0.1, 0.15) is 6.10 Å². The lowest BCUT2D eigenvalue weighted by molar-refractivity contribution is -0.149. The van der Waals surface area contributed by atoms with Gasteiger partial charge in [0.15, 0.2) is 0 Å². The summed E-state index contributed by atoms with van der Waals surface area (Å²) in [6.45, 7) is 5.84. The lowest BCUT2D eigenvalue weighted by atomic mass is 9.80. The third-order valence-corrected chi connectivity index (χ3v) is 3.41. The zero-order valence-corrected chi connectivity index (χ0v) is 8.32. The standard InChI is InChI=1S/C10H16O3/c1-5-6(2)10-9(12-7(3)11)4-8(5)13-10/h5-6,8-10H,4H2,1-3H3. The Hall–Kier alpha value is -0.570. The van der Waals surface area contributed by atoms with E-state index in [-0.39, 0.29) is 18.2 Å². The van der Waals surface area contributed by atoms with Gasteiger partial charge in [-0.1, -0.05) is 13.8 Å². The predicted octanol–water partition coefficient (Wildman–Crippen LogP) is 1.36. The first-order valence-corrected chi connectivity index (χ1v) is 4.92. The van der Waals surface area contributed by atoms with Crippen LogP contribution in [0.15, 0.2) is 0 Å². The van der Waals surface area contributed by atoms with Crippen LogP contribution in [-0.4, -0.2) is 24.3 Å². The fourth-order valence-corrected chi connectivity index (χ4v) is 2.48. The van der Waals surface area contributed by atoms with Crippen molar-refractivity contribution in [2.24, 2.45) is 11.8 Å². The van der Waals surface area contributed by atoms with E-state index in [2.05, 4.69) is 13.8 Å². The molecule has 0 aromatic carbocycles. The van der Waals surface area contributed by atoms with E-state index in [1.165, 1.54) is 6.92 Å². The van der Waals surface area contributed by atoms with E-state index in [0.717, 1.165) is 6.42 Å². The Morgan fingerprint density at radius 2 is 2.08 bits per heavy atom. The van der Waals surface area contributed by atoms with Gasteiger partial charge in [-0.25, -0.2) is 0 Å². The molecule has 0 saturated carbocycles. The summed E-state index contributed by atoms with van der Waals surface area (Å²) in [5, 5.41) is 0. The first kappa shape index (κ1) is 9.00. The number of hydrogen-bond acceptors (Lipinski definition) is 3. The van der Waals surface area contributed by atoms with Gasteiger partial charge in [0.05, 0.1) is 12.2 Å². The summed E-state index contributed by atoms with van der Waals surface area (Å²) in [4.78, 5) is 10.8. The van der Waals surface area contributed by atoms with Crippen molar-refractivity contribution in [3.05, 3.63) is 0 Å². The van der Waals surface area contributed by atoms with E-state index in [0.29, 0.717) is 17.9 Å². The molecule has 3 nitrogen and oxygen atoms in total. The molecule has 5 atom stereocenters. The van der Waals surface area contributed by atoms with E-state index in [4.69, 9.17) is 9.47 Å². The van der Waals surface area contributed by atoms with E-state index in [1.54, 1.807) is 0 Å². The first-order chi connectivity index (χ1) is 6.09. The van der Waals surface area contributed by atoms with Crippen LogP contribution < -0.4 is 0 Å². The normalized spacial score (nSPS) is 48.1. The van der Waals surface area contributed by atoms with Gasteiger partial charge in [-0.05, 0) is 11.8 Å². The first-order valence-electron chi connectivity index (χ1n) is 4.92. The average Bonchev–Trinajstić information content (AvgIpc) is 2.53. The highest BCUT2D eigenvalue weighted by Crippen LogP contribution is 2.44. The molecular formula is C10H16O3. The van der Waals surface area contributed by atoms with Crippen molar-refractivity contribution in [1.29, 1.82) is 0 Å². The van der Waals surface area contributed by atoms with Crippen LogP contribution in [0.2, 0.25) is 0 Å². The number of rotatable bonds is 1. The summed E-state index contributed by atoms with van der Waals surface area (Å²) < 4.78 is 10.9. The summed E-state index contributed by atoms with van der Waals surface area (Å²) in [5.41, 5.74) is 0. The van der Waals surface area contributed by atoms with Crippen molar-refractivity contribution in [2.75, 3.05) is 0 Å². The Bertz CT molecular complexity index is 224. The second-order valence-corrected chi connectivity index (χ2v) is 4.24. The molecule has 2 saturated heterocycles. The van der Waals surface area contributed by atoms with E-state index in [1.807, 2.05) is 0 Å². The monoisotopic (exact) mass is 184 g/mol. The summed E-state index contributed by atoms with van der Waals surface area (Å²) in [7, 11) is 0. The lowest BCUT2D eigenvalue weighted by Crippen LogP contribution is -2.36. The molecular weight excluding hydrogens is 168 g/mol. The van der Waals surface area contributed by atoms with Crippen LogP contribution >= 0.6 is 0 Å². The largest absolute Gasteiger partial charge is 0.460 e. The fourth-order valence-electron chi connectivity index (χ4n) is 2.48. The Balaban J connectivity index is 2.02. The zero-order valence-electron chi connectivity index (χ0n) is 8.32. The van der Waals surface area contributed by atoms with Gasteiger partial charge < -0.3 is 9.47 Å². The van der Waals surface area contributed by atoms with Crippen LogP contribution in [0, 0.1) is 11.8 Å². The molecule has 2 fully saturated rings. The van der Waals surface area contributed by atoms with Crippen molar-refractivity contribution < 1.29 is 14.3 Å². The molecule has 5 unspecified atom stereocenters. The molecule has 2 rings (SSSR count). The van der Waals surface area contributed by atoms with Gasteiger partial charge in [0, 0.05) is 13.3 Å². The third-order valence-electron chi connectivity index (χ3n) is 3.41. The third kappa shape index (κ3) is 1.35. The minimum atomic E-state index is -0.194. The SMILES string of the molecule is CC(=O)OC1CC2OC1C(C)C2C. The second-order valence-electron chi connectivity index (χ2n) is 4.24. The van der Waals surface area contributed by atoms with E-state index < -0.39 is 0 Å². The molecule has 2 aliphatic heterocycles. The van der Waals surface area contributed by atoms with Crippen LogP contribution in [-0.2, 0) is 14.3 Å². The van der Waals surface area contributed by atoms with Crippen molar-refractivity contribution in [3.63, 3.8) is 0 Å². The molecule has 2 aliphatic rings. The van der Waals surface area contributed by atoms with Crippen LogP contribution in [0.1, 0.15) is 27.2 Å². The molecule has 0 amide bonds. The summed E-state index contributed by atoms with van der Waals surface area (Å²) in [5.74, 6) is 0.931. The highest BCUT2D eigenvalue weighted by molar-refractivity contribution is 5.66. The quantitative estimate of drug-likeness (QED) is 0.577. The molecule has 0 radical (unpaired) electrons. The number of fused-ring (bicyclic) bond motifs is 2. The van der Waals surface area contributed by atoms with Crippen LogP contribution in [0.3, 0.4) is 0 Å². The highest BCUT2D eigenvalue weighted by atomic mass is 16.6. The lowest BCUT2D eigenvalue weighted by Gasteiger charge is -2.27. The van der Waals surface area contributed by atoms with Gasteiger partial charge in [-0.2, -0.15) is 0 Å². The van der Waals surface area contributed by atoms with Gasteiger partial charge >= 0.3 is 5.97 Å². The Morgan fingerprint density at radius 1 is 1.38 bits per heavy atom. The summed E-state index contributed by atoms with van der Waals surface area (Å²) >= 11 is 0. The van der Waals surface area contributed by atoms with Gasteiger partial charge in [-0.15, -0.1) is 0 Å². The molecule has 13 heavy (non-hydrogen) atoms. The molecule has 2 heterocycles. The fraction of sp³-hybridized carbons (Fsp3) is 0.900. The minimum absolute atomic E-state index is 0.00806. The molecule has 0 spiro atoms. The van der Waals surface area contributed by atoms with Crippen LogP contribution in [0.4, 0.5) is 0 Å². The molecule has 2 bridgehead atoms. The van der Waals surface area contributed by atoms with Gasteiger partial charge in [0.25, 0.3) is 0 Å². The van der Waals surface area contributed by atoms with Crippen LogP contribution in [0.25, 0.3) is 0 Å². The Morgan fingerprint density at radius 3 is 2.54 bits per heavy atom. The summed E-state index contributed by atoms with van der Waals surface area (Å²) in [6, 6.07) is 0. The van der Waals surface area contributed by atoms with Crippen molar-refractivity contribution >= 4 is 5.97 Å². The molecule has 0 N–H and O–H groups in total. The van der Waals surface area contributed by atoms with Crippen molar-refractivity contribution in [3.8, 4) is 0 Å². The minimum Gasteiger partial charge on any atom is -0.460 e. The Labute approximate surface area is 78.4 Å². The van der Waals surface area contributed by atoms with Gasteiger partial charge in [-0.3, -0.25) is 4.79 Å². The molecule has 74 valence electrons. The number of esters is 1. The van der Waals surface area contributed by atoms with Gasteiger partial charge in [0.2, 0.25) is 0 Å². The van der Waals surface area contributed by atoms with Crippen molar-refractivity contribution in [1.82, 2.24) is 0 Å². The number of hydrogen-bond donors (Lipinski definition) is 0. The van der Waals surface area contributed by atoms with Crippen LogP contribution in [0.5, 0.6) is 0 Å². The smallest absolute Gasteiger partial charge is 0.302 e. The molecule has 0 aliphatic carbocycles. The van der Waals surface area contributed by atoms with E-state index >= 15 is 0 Å². The van der Waals surface area contributed by atoms with E-state index in [9.17, 15) is 4.79 Å². The molecule has 0 aromatic heterocycles. The highest BCUT2D eigenvalue weighted by Gasteiger charge is 2.51. The zero-order chi connectivity index (χ0) is 9.59. The number of carbonyl (C=O) groups excluding carboxylic acids is 1. The molecule has 0 aromatic rings. The Kier molecular flexibility index (Phi) is 2.06. The maximum Gasteiger partial charge on any atom is 0.302 e. The average molecular weight is 184 g/mol. The summed E-state index contributed by atoms with van der Waals surface area (Å²) in [6.07, 6.45) is 1.34. The predicted molar refractivity (Wildman–Crippen MR) is 47.2 cm³/mol. The maximum absolute atomic E-state index is 10.8. The topological polar surface area (TPSA) is 35.5 Å². The number of ether oxygens (including phenoxy) is 2. The second kappa shape index (κ2) is 2.98.